The Morgan fingerprint density at radius 1 is 0.909 bits per heavy atom. The van der Waals surface area contributed by atoms with Crippen LogP contribution in [0.25, 0.3) is 0 Å². The van der Waals surface area contributed by atoms with Crippen molar-refractivity contribution in [1.82, 2.24) is 0 Å². The zero-order chi connectivity index (χ0) is 8.54. The number of hydrogen-bond donors (Lipinski definition) is 0. The molecular formula is C10H21B. The van der Waals surface area contributed by atoms with Crippen molar-refractivity contribution in [2.24, 2.45) is 5.41 Å². The lowest BCUT2D eigenvalue weighted by Crippen LogP contribution is -2.10. The van der Waals surface area contributed by atoms with Crippen LogP contribution in [0.5, 0.6) is 0 Å². The molecule has 11 heavy (non-hydrogen) atoms. The molecule has 0 saturated heterocycles. The molecule has 1 aliphatic rings. The van der Waals surface area contributed by atoms with Gasteiger partial charge in [-0.3, -0.25) is 0 Å². The highest BCUT2D eigenvalue weighted by Crippen LogP contribution is 2.44. The van der Waals surface area contributed by atoms with Crippen LogP contribution in [0, 0.1) is 5.41 Å². The third-order valence-electron chi connectivity index (χ3n) is 3.19. The van der Waals surface area contributed by atoms with Gasteiger partial charge in [-0.25, -0.2) is 0 Å². The van der Waals surface area contributed by atoms with Crippen LogP contribution in [-0.4, -0.2) is 7.85 Å². The molecule has 1 saturated carbocycles. The zero-order valence-electron chi connectivity index (χ0n) is 8.54. The second kappa shape index (κ2) is 2.84. The fourth-order valence-electron chi connectivity index (χ4n) is 1.97. The molecule has 1 aliphatic carbocycles. The highest BCUT2D eigenvalue weighted by Gasteiger charge is 2.28. The third-order valence-corrected chi connectivity index (χ3v) is 3.19. The minimum atomic E-state index is 0.619. The van der Waals surface area contributed by atoms with Crippen LogP contribution in [-0.2, 0) is 0 Å². The fourth-order valence-corrected chi connectivity index (χ4v) is 1.97. The summed E-state index contributed by atoms with van der Waals surface area (Å²) in [5.74, 6) is 0. The predicted octanol–water partition coefficient (Wildman–Crippen LogP) is 2.79. The summed E-state index contributed by atoms with van der Waals surface area (Å²) < 4.78 is 0. The summed E-state index contributed by atoms with van der Waals surface area (Å²) in [4.78, 5) is 0. The van der Waals surface area contributed by atoms with E-state index in [0.717, 1.165) is 0 Å². The van der Waals surface area contributed by atoms with E-state index in [0.29, 0.717) is 10.7 Å². The Kier molecular flexibility index (Phi) is 2.36. The van der Waals surface area contributed by atoms with Gasteiger partial charge in [-0.2, -0.15) is 0 Å². The Morgan fingerprint density at radius 2 is 1.55 bits per heavy atom. The van der Waals surface area contributed by atoms with E-state index in [4.69, 9.17) is 0 Å². The maximum absolute atomic E-state index is 2.41. The molecule has 0 aliphatic heterocycles. The van der Waals surface area contributed by atoms with Crippen molar-refractivity contribution in [2.75, 3.05) is 0 Å². The van der Waals surface area contributed by atoms with Crippen molar-refractivity contribution in [2.45, 2.75) is 58.2 Å². The summed E-state index contributed by atoms with van der Waals surface area (Å²) in [6.07, 6.45) is 7.12. The van der Waals surface area contributed by atoms with Crippen LogP contribution in [0.15, 0.2) is 0 Å². The van der Waals surface area contributed by atoms with Gasteiger partial charge in [-0.05, 0) is 18.3 Å². The Bertz CT molecular complexity index is 120. The van der Waals surface area contributed by atoms with Crippen molar-refractivity contribution in [3.63, 3.8) is 0 Å². The first-order valence-electron chi connectivity index (χ1n) is 4.91. The van der Waals surface area contributed by atoms with Crippen LogP contribution in [0.2, 0.25) is 5.31 Å². The number of hydrogen-bond acceptors (Lipinski definition) is 0. The molecule has 1 heteroatoms. The van der Waals surface area contributed by atoms with Gasteiger partial charge in [-0.15, -0.1) is 0 Å². The molecule has 0 N–H and O–H groups in total. The predicted molar refractivity (Wildman–Crippen MR) is 53.8 cm³/mol. The standard InChI is InChI=1S/C10H21B/c1-9(2)5-4-6-10(3,11)8-7-9/h4-8,11H2,1-3H3. The molecule has 0 nitrogen and oxygen atoms in total. The fraction of sp³-hybridized carbons (Fsp3) is 1.00. The molecule has 1 fully saturated rings. The maximum atomic E-state index is 2.41. The van der Waals surface area contributed by atoms with Gasteiger partial charge in [0.25, 0.3) is 0 Å². The van der Waals surface area contributed by atoms with Crippen LogP contribution < -0.4 is 0 Å². The summed E-state index contributed by atoms with van der Waals surface area (Å²) in [5.41, 5.74) is 0.619. The van der Waals surface area contributed by atoms with Gasteiger partial charge in [0.15, 0.2) is 0 Å². The largest absolute Gasteiger partial charge is 0.109 e. The normalized spacial score (nSPS) is 38.1. The van der Waals surface area contributed by atoms with Crippen molar-refractivity contribution in [3.8, 4) is 0 Å². The average molecular weight is 152 g/mol. The topological polar surface area (TPSA) is 0 Å². The molecule has 0 aromatic rings. The smallest absolute Gasteiger partial charge is 0.0669 e. The van der Waals surface area contributed by atoms with E-state index < -0.39 is 0 Å². The summed E-state index contributed by atoms with van der Waals surface area (Å²) >= 11 is 0. The van der Waals surface area contributed by atoms with Gasteiger partial charge in [-0.1, -0.05) is 45.3 Å². The first kappa shape index (κ1) is 9.16. The second-order valence-electron chi connectivity index (χ2n) is 5.68. The molecular weight excluding hydrogens is 131 g/mol. The lowest BCUT2D eigenvalue weighted by atomic mass is 9.65. The number of rotatable bonds is 0. The molecule has 0 bridgehead atoms. The Hall–Kier alpha value is 0.0649. The SMILES string of the molecule is BC1(C)CCCC(C)(C)CC1. The molecule has 0 aromatic heterocycles. The van der Waals surface area contributed by atoms with Crippen LogP contribution in [0.3, 0.4) is 0 Å². The van der Waals surface area contributed by atoms with Crippen molar-refractivity contribution < 1.29 is 0 Å². The van der Waals surface area contributed by atoms with Crippen LogP contribution in [0.4, 0.5) is 0 Å². The van der Waals surface area contributed by atoms with E-state index in [-0.39, 0.29) is 0 Å². The van der Waals surface area contributed by atoms with Gasteiger partial charge in [0.1, 0.15) is 7.85 Å². The van der Waals surface area contributed by atoms with E-state index in [1.807, 2.05) is 0 Å². The van der Waals surface area contributed by atoms with E-state index >= 15 is 0 Å². The monoisotopic (exact) mass is 152 g/mol. The second-order valence-corrected chi connectivity index (χ2v) is 5.68. The molecule has 1 rings (SSSR count). The quantitative estimate of drug-likeness (QED) is 0.370. The lowest BCUT2D eigenvalue weighted by molar-refractivity contribution is 0.311. The molecule has 64 valence electrons. The lowest BCUT2D eigenvalue weighted by Gasteiger charge is -2.24. The Labute approximate surface area is 72.2 Å². The first-order chi connectivity index (χ1) is 4.91. The molecule has 1 atom stereocenters. The van der Waals surface area contributed by atoms with E-state index in [1.54, 1.807) is 0 Å². The van der Waals surface area contributed by atoms with Gasteiger partial charge >= 0.3 is 0 Å². The van der Waals surface area contributed by atoms with Crippen LogP contribution >= 0.6 is 0 Å². The highest BCUT2D eigenvalue weighted by molar-refractivity contribution is 6.14. The molecule has 0 radical (unpaired) electrons. The molecule has 0 amide bonds. The van der Waals surface area contributed by atoms with Crippen LogP contribution in [0.1, 0.15) is 52.9 Å². The Morgan fingerprint density at radius 3 is 2.18 bits per heavy atom. The minimum absolute atomic E-state index is 0.619. The Balaban J connectivity index is 2.53. The van der Waals surface area contributed by atoms with Gasteiger partial charge in [0, 0.05) is 0 Å². The van der Waals surface area contributed by atoms with E-state index in [1.165, 1.54) is 32.1 Å². The summed E-state index contributed by atoms with van der Waals surface area (Å²) in [7, 11) is 2.41. The summed E-state index contributed by atoms with van der Waals surface area (Å²) in [6.45, 7) is 7.23. The van der Waals surface area contributed by atoms with Gasteiger partial charge < -0.3 is 0 Å². The molecule has 0 heterocycles. The first-order valence-corrected chi connectivity index (χ1v) is 4.91. The zero-order valence-corrected chi connectivity index (χ0v) is 8.54. The van der Waals surface area contributed by atoms with Crippen molar-refractivity contribution in [3.05, 3.63) is 0 Å². The highest BCUT2D eigenvalue weighted by atomic mass is 14.3. The minimum Gasteiger partial charge on any atom is -0.0669 e. The average Bonchev–Trinajstić information content (AvgIpc) is 1.92. The van der Waals surface area contributed by atoms with E-state index in [9.17, 15) is 0 Å². The maximum Gasteiger partial charge on any atom is 0.109 e. The third kappa shape index (κ3) is 2.88. The summed E-state index contributed by atoms with van der Waals surface area (Å²) in [5, 5.41) is 0.619. The molecule has 0 spiro atoms. The van der Waals surface area contributed by atoms with Crippen molar-refractivity contribution in [1.29, 1.82) is 0 Å². The molecule has 0 aromatic carbocycles. The summed E-state index contributed by atoms with van der Waals surface area (Å²) in [6, 6.07) is 0. The van der Waals surface area contributed by atoms with E-state index in [2.05, 4.69) is 28.6 Å². The van der Waals surface area contributed by atoms with Gasteiger partial charge in [0.2, 0.25) is 0 Å². The van der Waals surface area contributed by atoms with Gasteiger partial charge in [0.05, 0.1) is 0 Å². The molecule has 1 unspecified atom stereocenters. The van der Waals surface area contributed by atoms with Crippen molar-refractivity contribution >= 4 is 7.85 Å².